The van der Waals surface area contributed by atoms with Gasteiger partial charge in [0, 0.05) is 24.9 Å². The minimum Gasteiger partial charge on any atom is -0.444 e. The number of hydrogen-bond acceptors (Lipinski definition) is 7. The van der Waals surface area contributed by atoms with Gasteiger partial charge >= 0.3 is 6.09 Å². The molecule has 0 aliphatic carbocycles. The van der Waals surface area contributed by atoms with Gasteiger partial charge in [-0.05, 0) is 44.9 Å². The van der Waals surface area contributed by atoms with E-state index in [2.05, 4.69) is 8.75 Å². The molecule has 9 heteroatoms. The van der Waals surface area contributed by atoms with Crippen LogP contribution in [0.4, 0.5) is 4.79 Å². The van der Waals surface area contributed by atoms with E-state index in [4.69, 9.17) is 4.74 Å². The zero-order chi connectivity index (χ0) is 20.5. The molecule has 0 radical (unpaired) electrons. The maximum Gasteiger partial charge on any atom is 0.410 e. The Kier molecular flexibility index (Phi) is 5.58. The van der Waals surface area contributed by atoms with Crippen molar-refractivity contribution in [1.29, 1.82) is 0 Å². The van der Waals surface area contributed by atoms with Crippen LogP contribution in [0.3, 0.4) is 0 Å². The molecule has 2 aromatic rings. The zero-order valence-electron chi connectivity index (χ0n) is 16.3. The number of carbonyl (C=O) groups is 1. The lowest BCUT2D eigenvalue weighted by atomic mass is 10.0. The van der Waals surface area contributed by atoms with E-state index in [1.165, 1.54) is 6.26 Å². The topological polar surface area (TPSA) is 89.5 Å². The molecule has 0 spiro atoms. The van der Waals surface area contributed by atoms with Gasteiger partial charge in [0.15, 0.2) is 9.84 Å². The van der Waals surface area contributed by atoms with Crippen LogP contribution in [0.1, 0.15) is 32.9 Å². The Morgan fingerprint density at radius 2 is 1.79 bits per heavy atom. The summed E-state index contributed by atoms with van der Waals surface area (Å²) in [6.45, 7) is 6.54. The smallest absolute Gasteiger partial charge is 0.410 e. The van der Waals surface area contributed by atoms with Gasteiger partial charge in [-0.25, -0.2) is 13.2 Å². The lowest BCUT2D eigenvalue weighted by Crippen LogP contribution is -2.39. The van der Waals surface area contributed by atoms with E-state index in [1.54, 1.807) is 29.2 Å². The van der Waals surface area contributed by atoms with E-state index in [0.717, 1.165) is 34.3 Å². The second-order valence-electron chi connectivity index (χ2n) is 7.66. The highest BCUT2D eigenvalue weighted by Gasteiger charge is 2.25. The third kappa shape index (κ3) is 4.77. The number of nitrogens with zero attached hydrogens (tertiary/aromatic N) is 3. The molecule has 0 atom stereocenters. The molecule has 150 valence electrons. The SMILES string of the molecule is CC(C)(C)OC(=O)N1CC=C(c2nsnc2-c2ccc(S(C)(=O)=O)cc2)CC1. The van der Waals surface area contributed by atoms with E-state index >= 15 is 0 Å². The van der Waals surface area contributed by atoms with Gasteiger partial charge in [-0.15, -0.1) is 0 Å². The molecule has 1 aromatic carbocycles. The molecule has 1 aromatic heterocycles. The molecule has 0 bridgehead atoms. The third-order valence-corrected chi connectivity index (χ3v) is 5.87. The lowest BCUT2D eigenvalue weighted by Gasteiger charge is -2.29. The molecule has 1 amide bonds. The van der Waals surface area contributed by atoms with Crippen molar-refractivity contribution in [3.63, 3.8) is 0 Å². The van der Waals surface area contributed by atoms with Crippen LogP contribution >= 0.6 is 11.7 Å². The van der Waals surface area contributed by atoms with Gasteiger partial charge in [0.25, 0.3) is 0 Å². The fraction of sp³-hybridized carbons (Fsp3) is 0.421. The number of rotatable bonds is 3. The predicted octanol–water partition coefficient (Wildman–Crippen LogP) is 3.63. The van der Waals surface area contributed by atoms with E-state index in [1.807, 2.05) is 26.8 Å². The molecular formula is C19H23N3O4S2. The maximum atomic E-state index is 12.2. The Bertz CT molecular complexity index is 1000. The van der Waals surface area contributed by atoms with Crippen molar-refractivity contribution in [2.75, 3.05) is 19.3 Å². The van der Waals surface area contributed by atoms with Crippen molar-refractivity contribution in [2.24, 2.45) is 0 Å². The highest BCUT2D eigenvalue weighted by Crippen LogP contribution is 2.31. The molecule has 0 saturated heterocycles. The van der Waals surface area contributed by atoms with Gasteiger partial charge < -0.3 is 9.64 Å². The van der Waals surface area contributed by atoms with Crippen molar-refractivity contribution in [2.45, 2.75) is 37.7 Å². The molecule has 0 fully saturated rings. The largest absolute Gasteiger partial charge is 0.444 e. The van der Waals surface area contributed by atoms with E-state index in [0.29, 0.717) is 19.5 Å². The molecular weight excluding hydrogens is 398 g/mol. The van der Waals surface area contributed by atoms with Gasteiger partial charge in [0.1, 0.15) is 17.0 Å². The third-order valence-electron chi connectivity index (χ3n) is 4.21. The van der Waals surface area contributed by atoms with Crippen molar-refractivity contribution in [1.82, 2.24) is 13.6 Å². The Morgan fingerprint density at radius 3 is 2.32 bits per heavy atom. The van der Waals surface area contributed by atoms with Crippen molar-refractivity contribution in [3.05, 3.63) is 36.0 Å². The molecule has 0 unspecified atom stereocenters. The molecule has 28 heavy (non-hydrogen) atoms. The maximum absolute atomic E-state index is 12.2. The Labute approximate surface area is 169 Å². The number of benzene rings is 1. The molecule has 1 aliphatic heterocycles. The first-order valence-electron chi connectivity index (χ1n) is 8.85. The van der Waals surface area contributed by atoms with Crippen LogP contribution in [-0.4, -0.2) is 53.1 Å². The van der Waals surface area contributed by atoms with Gasteiger partial charge in [-0.3, -0.25) is 0 Å². The van der Waals surface area contributed by atoms with Gasteiger partial charge in [0.2, 0.25) is 0 Å². The molecule has 0 saturated carbocycles. The van der Waals surface area contributed by atoms with Crippen molar-refractivity contribution in [3.8, 4) is 11.3 Å². The van der Waals surface area contributed by atoms with Crippen LogP contribution in [-0.2, 0) is 14.6 Å². The number of ether oxygens (including phenoxy) is 1. The fourth-order valence-electron chi connectivity index (χ4n) is 2.83. The molecule has 3 rings (SSSR count). The summed E-state index contributed by atoms with van der Waals surface area (Å²) in [5.74, 6) is 0. The van der Waals surface area contributed by atoms with Gasteiger partial charge in [0.05, 0.1) is 16.6 Å². The average Bonchev–Trinajstić information content (AvgIpc) is 3.09. The minimum absolute atomic E-state index is 0.269. The van der Waals surface area contributed by atoms with Crippen molar-refractivity contribution < 1.29 is 17.9 Å². The summed E-state index contributed by atoms with van der Waals surface area (Å²) in [5.41, 5.74) is 2.82. The van der Waals surface area contributed by atoms with Gasteiger partial charge in [-0.2, -0.15) is 8.75 Å². The molecule has 2 heterocycles. The summed E-state index contributed by atoms with van der Waals surface area (Å²) in [6.07, 6.45) is 3.48. The zero-order valence-corrected chi connectivity index (χ0v) is 17.9. The highest BCUT2D eigenvalue weighted by atomic mass is 32.2. The van der Waals surface area contributed by atoms with E-state index < -0.39 is 15.4 Å². The average molecular weight is 422 g/mol. The Balaban J connectivity index is 1.78. The first-order valence-corrected chi connectivity index (χ1v) is 11.5. The summed E-state index contributed by atoms with van der Waals surface area (Å²) in [6, 6.07) is 6.64. The first kappa shape index (κ1) is 20.5. The molecule has 1 aliphatic rings. The summed E-state index contributed by atoms with van der Waals surface area (Å²) in [7, 11) is -3.24. The summed E-state index contributed by atoms with van der Waals surface area (Å²) in [4.78, 5) is 14.1. The number of carbonyl (C=O) groups excluding carboxylic acids is 1. The normalized spacial score (nSPS) is 15.3. The summed E-state index contributed by atoms with van der Waals surface area (Å²) >= 11 is 1.12. The fourth-order valence-corrected chi connectivity index (χ4v) is 4.06. The molecule has 0 N–H and O–H groups in total. The van der Waals surface area contributed by atoms with Crippen LogP contribution in [0.5, 0.6) is 0 Å². The first-order chi connectivity index (χ1) is 13.0. The number of hydrogen-bond donors (Lipinski definition) is 0. The predicted molar refractivity (Wildman–Crippen MR) is 109 cm³/mol. The molecule has 7 nitrogen and oxygen atoms in total. The van der Waals surface area contributed by atoms with Crippen LogP contribution in [0, 0.1) is 0 Å². The van der Waals surface area contributed by atoms with Crippen LogP contribution < -0.4 is 0 Å². The van der Waals surface area contributed by atoms with E-state index in [9.17, 15) is 13.2 Å². The quantitative estimate of drug-likeness (QED) is 0.752. The second kappa shape index (κ2) is 7.63. The Hall–Kier alpha value is -2.26. The number of aromatic nitrogens is 2. The second-order valence-corrected chi connectivity index (χ2v) is 10.2. The number of amides is 1. The monoisotopic (exact) mass is 421 g/mol. The van der Waals surface area contributed by atoms with Crippen molar-refractivity contribution >= 4 is 33.2 Å². The van der Waals surface area contributed by atoms with Crippen LogP contribution in [0.25, 0.3) is 16.8 Å². The van der Waals surface area contributed by atoms with Crippen LogP contribution in [0.2, 0.25) is 0 Å². The van der Waals surface area contributed by atoms with Crippen LogP contribution in [0.15, 0.2) is 35.2 Å². The standard InChI is InChI=1S/C19H23N3O4S2/c1-19(2,3)26-18(23)22-11-9-14(10-12-22)17-16(20-27-21-17)13-5-7-15(8-6-13)28(4,24)25/h5-9H,10-12H2,1-4H3. The summed E-state index contributed by atoms with van der Waals surface area (Å²) < 4.78 is 37.5. The number of sulfone groups is 1. The Morgan fingerprint density at radius 1 is 1.14 bits per heavy atom. The minimum atomic E-state index is -3.24. The lowest BCUT2D eigenvalue weighted by molar-refractivity contribution is 0.0270. The van der Waals surface area contributed by atoms with E-state index in [-0.39, 0.29) is 11.0 Å². The highest BCUT2D eigenvalue weighted by molar-refractivity contribution is 7.90. The van der Waals surface area contributed by atoms with Gasteiger partial charge in [-0.1, -0.05) is 18.2 Å². The summed E-state index contributed by atoms with van der Waals surface area (Å²) in [5, 5.41) is 0.